The Kier molecular flexibility index (Phi) is 5.38. The van der Waals surface area contributed by atoms with Crippen LogP contribution in [0, 0.1) is 0 Å². The first-order chi connectivity index (χ1) is 10.2. The van der Waals surface area contributed by atoms with Gasteiger partial charge in [0.05, 0.1) is 0 Å². The molecule has 110 valence electrons. The zero-order chi connectivity index (χ0) is 15.1. The Hall–Kier alpha value is -2.29. The Morgan fingerprint density at radius 1 is 1.05 bits per heavy atom. The van der Waals surface area contributed by atoms with Gasteiger partial charge in [-0.15, -0.1) is 0 Å². The minimum atomic E-state index is -0.490. The Labute approximate surface area is 126 Å². The Morgan fingerprint density at radius 3 is 2.19 bits per heavy atom. The van der Waals surface area contributed by atoms with Crippen LogP contribution in [0.1, 0.15) is 19.4 Å². The molecule has 1 amide bonds. The lowest BCUT2D eigenvalue weighted by molar-refractivity contribution is -0.138. The highest BCUT2D eigenvalue weighted by Crippen LogP contribution is 2.13. The van der Waals surface area contributed by atoms with Crippen LogP contribution in [-0.4, -0.2) is 23.5 Å². The molecule has 0 bridgehead atoms. The fourth-order valence-corrected chi connectivity index (χ4v) is 2.16. The molecule has 0 spiro atoms. The average molecular weight is 283 g/mol. The van der Waals surface area contributed by atoms with E-state index < -0.39 is 6.10 Å². The molecule has 3 nitrogen and oxygen atoms in total. The summed E-state index contributed by atoms with van der Waals surface area (Å²) in [6, 6.07) is 19.4. The number of amides is 1. The molecule has 0 saturated heterocycles. The van der Waals surface area contributed by atoms with E-state index in [1.54, 1.807) is 6.92 Å². The number of para-hydroxylation sites is 1. The maximum Gasteiger partial charge on any atom is 0.263 e. The number of likely N-dealkylation sites (N-methyl/N-ethyl adjacent to an activating group) is 1. The first kappa shape index (κ1) is 15.1. The fraction of sp³-hybridized carbons (Fsp3) is 0.278. The second kappa shape index (κ2) is 7.48. The van der Waals surface area contributed by atoms with Crippen molar-refractivity contribution in [1.82, 2.24) is 4.90 Å². The van der Waals surface area contributed by atoms with Crippen LogP contribution in [-0.2, 0) is 11.3 Å². The van der Waals surface area contributed by atoms with Gasteiger partial charge >= 0.3 is 0 Å². The van der Waals surface area contributed by atoms with Crippen molar-refractivity contribution in [3.05, 3.63) is 66.2 Å². The van der Waals surface area contributed by atoms with Crippen LogP contribution in [0.3, 0.4) is 0 Å². The maximum atomic E-state index is 12.5. The molecule has 0 aliphatic carbocycles. The van der Waals surface area contributed by atoms with Gasteiger partial charge in [-0.3, -0.25) is 4.79 Å². The average Bonchev–Trinajstić information content (AvgIpc) is 2.54. The first-order valence-corrected chi connectivity index (χ1v) is 7.25. The molecule has 0 radical (unpaired) electrons. The van der Waals surface area contributed by atoms with E-state index in [9.17, 15) is 4.79 Å². The molecule has 21 heavy (non-hydrogen) atoms. The van der Waals surface area contributed by atoms with Gasteiger partial charge < -0.3 is 9.64 Å². The van der Waals surface area contributed by atoms with E-state index in [0.717, 1.165) is 5.56 Å². The highest BCUT2D eigenvalue weighted by atomic mass is 16.5. The van der Waals surface area contributed by atoms with Crippen LogP contribution < -0.4 is 4.74 Å². The largest absolute Gasteiger partial charge is 0.481 e. The topological polar surface area (TPSA) is 29.5 Å². The summed E-state index contributed by atoms with van der Waals surface area (Å²) < 4.78 is 5.71. The SMILES string of the molecule is CCN(Cc1ccccc1)C(=O)C(C)Oc1ccccc1. The maximum absolute atomic E-state index is 12.5. The predicted molar refractivity (Wildman–Crippen MR) is 84.1 cm³/mol. The molecule has 2 aromatic rings. The van der Waals surface area contributed by atoms with E-state index in [-0.39, 0.29) is 5.91 Å². The third-order valence-corrected chi connectivity index (χ3v) is 3.31. The Balaban J connectivity index is 1.99. The molecule has 2 aromatic carbocycles. The molecule has 0 aromatic heterocycles. The summed E-state index contributed by atoms with van der Waals surface area (Å²) >= 11 is 0. The monoisotopic (exact) mass is 283 g/mol. The van der Waals surface area contributed by atoms with Gasteiger partial charge in [0.2, 0.25) is 0 Å². The van der Waals surface area contributed by atoms with E-state index in [2.05, 4.69) is 0 Å². The highest BCUT2D eigenvalue weighted by Gasteiger charge is 2.21. The summed E-state index contributed by atoms with van der Waals surface area (Å²) in [6.45, 7) is 5.05. The van der Waals surface area contributed by atoms with Crippen LogP contribution in [0.15, 0.2) is 60.7 Å². The Bertz CT molecular complexity index is 554. The van der Waals surface area contributed by atoms with Crippen molar-refractivity contribution in [2.75, 3.05) is 6.54 Å². The van der Waals surface area contributed by atoms with Crippen LogP contribution >= 0.6 is 0 Å². The number of carbonyl (C=O) groups excluding carboxylic acids is 1. The minimum absolute atomic E-state index is 0.00482. The van der Waals surface area contributed by atoms with Gasteiger partial charge in [-0.2, -0.15) is 0 Å². The summed E-state index contributed by atoms with van der Waals surface area (Å²) in [5, 5.41) is 0. The second-order valence-electron chi connectivity index (χ2n) is 4.91. The quantitative estimate of drug-likeness (QED) is 0.812. The van der Waals surface area contributed by atoms with E-state index in [1.807, 2.05) is 72.5 Å². The standard InChI is InChI=1S/C18H21NO2/c1-3-19(14-16-10-6-4-7-11-16)18(20)15(2)21-17-12-8-5-9-13-17/h4-13,15H,3,14H2,1-2H3. The third kappa shape index (κ3) is 4.35. The number of carbonyl (C=O) groups is 1. The molecule has 0 aliphatic heterocycles. The van der Waals surface area contributed by atoms with Gasteiger partial charge in [-0.1, -0.05) is 48.5 Å². The highest BCUT2D eigenvalue weighted by molar-refractivity contribution is 5.80. The molecule has 3 heteroatoms. The fourth-order valence-electron chi connectivity index (χ4n) is 2.16. The zero-order valence-corrected chi connectivity index (χ0v) is 12.5. The summed E-state index contributed by atoms with van der Waals surface area (Å²) in [5.74, 6) is 0.722. The zero-order valence-electron chi connectivity index (χ0n) is 12.5. The number of hydrogen-bond acceptors (Lipinski definition) is 2. The smallest absolute Gasteiger partial charge is 0.263 e. The van der Waals surface area contributed by atoms with Crippen LogP contribution in [0.2, 0.25) is 0 Å². The molecule has 2 rings (SSSR count). The van der Waals surface area contributed by atoms with Crippen molar-refractivity contribution in [2.45, 2.75) is 26.5 Å². The Morgan fingerprint density at radius 2 is 1.62 bits per heavy atom. The van der Waals surface area contributed by atoms with Gasteiger partial charge in [0.1, 0.15) is 5.75 Å². The van der Waals surface area contributed by atoms with E-state index >= 15 is 0 Å². The summed E-state index contributed by atoms with van der Waals surface area (Å²) in [4.78, 5) is 14.3. The van der Waals surface area contributed by atoms with Gasteiger partial charge in [-0.25, -0.2) is 0 Å². The van der Waals surface area contributed by atoms with Crippen molar-refractivity contribution >= 4 is 5.91 Å². The van der Waals surface area contributed by atoms with Gasteiger partial charge in [0.25, 0.3) is 5.91 Å². The normalized spacial score (nSPS) is 11.7. The lowest BCUT2D eigenvalue weighted by Crippen LogP contribution is -2.39. The molecule has 0 saturated carbocycles. The van der Waals surface area contributed by atoms with E-state index in [4.69, 9.17) is 4.74 Å². The molecule has 0 heterocycles. The lowest BCUT2D eigenvalue weighted by atomic mass is 10.2. The first-order valence-electron chi connectivity index (χ1n) is 7.25. The van der Waals surface area contributed by atoms with Crippen molar-refractivity contribution in [3.63, 3.8) is 0 Å². The van der Waals surface area contributed by atoms with Crippen molar-refractivity contribution < 1.29 is 9.53 Å². The number of benzene rings is 2. The van der Waals surface area contributed by atoms with Gasteiger partial charge in [0, 0.05) is 13.1 Å². The van der Waals surface area contributed by atoms with Gasteiger partial charge in [-0.05, 0) is 31.5 Å². The van der Waals surface area contributed by atoms with E-state index in [1.165, 1.54) is 0 Å². The predicted octanol–water partition coefficient (Wildman–Crippen LogP) is 3.50. The molecule has 1 unspecified atom stereocenters. The van der Waals surface area contributed by atoms with Crippen molar-refractivity contribution in [1.29, 1.82) is 0 Å². The summed E-state index contributed by atoms with van der Waals surface area (Å²) in [7, 11) is 0. The minimum Gasteiger partial charge on any atom is -0.481 e. The third-order valence-electron chi connectivity index (χ3n) is 3.31. The van der Waals surface area contributed by atoms with Crippen LogP contribution in [0.25, 0.3) is 0 Å². The molecule has 0 fully saturated rings. The van der Waals surface area contributed by atoms with Crippen LogP contribution in [0.4, 0.5) is 0 Å². The van der Waals surface area contributed by atoms with Crippen molar-refractivity contribution in [3.8, 4) is 5.75 Å². The summed E-state index contributed by atoms with van der Waals surface area (Å²) in [6.07, 6.45) is -0.490. The molecular formula is C18H21NO2. The number of rotatable bonds is 6. The lowest BCUT2D eigenvalue weighted by Gasteiger charge is -2.25. The van der Waals surface area contributed by atoms with Crippen LogP contribution in [0.5, 0.6) is 5.75 Å². The number of hydrogen-bond donors (Lipinski definition) is 0. The number of nitrogens with zero attached hydrogens (tertiary/aromatic N) is 1. The second-order valence-corrected chi connectivity index (χ2v) is 4.91. The molecule has 0 aliphatic rings. The summed E-state index contributed by atoms with van der Waals surface area (Å²) in [5.41, 5.74) is 1.12. The number of ether oxygens (including phenoxy) is 1. The van der Waals surface area contributed by atoms with Gasteiger partial charge in [0.15, 0.2) is 6.10 Å². The molecule has 0 N–H and O–H groups in total. The van der Waals surface area contributed by atoms with Crippen molar-refractivity contribution in [2.24, 2.45) is 0 Å². The molecular weight excluding hydrogens is 262 g/mol. The van der Waals surface area contributed by atoms with E-state index in [0.29, 0.717) is 18.8 Å². The molecule has 1 atom stereocenters.